The number of imidazole rings is 2. The molecule has 2 rings (SSSR count). The van der Waals surface area contributed by atoms with Gasteiger partial charge in [0.25, 0.3) is 11.8 Å². The molecule has 0 atom stereocenters. The number of carbonyl (C=O) groups excluding carboxylic acids is 2. The molecular weight excluding hydrogens is 352 g/mol. The molecule has 14 heteroatoms. The molecule has 142 valence electrons. The van der Waals surface area contributed by atoms with Crippen LogP contribution in [0.3, 0.4) is 0 Å². The maximum atomic E-state index is 10.4. The number of hydrogen-bond donors (Lipinski definition) is 8. The van der Waals surface area contributed by atoms with Gasteiger partial charge in [0, 0.05) is 0 Å². The molecule has 0 unspecified atom stereocenters. The van der Waals surface area contributed by atoms with Gasteiger partial charge >= 0.3 is 11.9 Å². The molecule has 0 aliphatic heterocycles. The van der Waals surface area contributed by atoms with Crippen molar-refractivity contribution < 1.29 is 29.4 Å². The number of H-pyrrole nitrogens is 2. The summed E-state index contributed by atoms with van der Waals surface area (Å²) in [6.07, 6.45) is 2.04. The Balaban J connectivity index is 0.000000362. The van der Waals surface area contributed by atoms with E-state index in [1.54, 1.807) is 0 Å². The number of anilines is 2. The minimum absolute atomic E-state index is 0.141. The van der Waals surface area contributed by atoms with Crippen molar-refractivity contribution >= 4 is 35.4 Å². The summed E-state index contributed by atoms with van der Waals surface area (Å²) in [5.74, 6) is -3.06. The largest absolute Gasteiger partial charge is 0.481 e. The molecular formula is C12H18N8O6. The molecule has 0 saturated carbocycles. The summed E-state index contributed by atoms with van der Waals surface area (Å²) in [5.41, 5.74) is 20.5. The Morgan fingerprint density at radius 2 is 1.12 bits per heavy atom. The van der Waals surface area contributed by atoms with E-state index in [0.29, 0.717) is 0 Å². The Morgan fingerprint density at radius 3 is 1.23 bits per heavy atom. The molecule has 0 fully saturated rings. The molecule has 0 aliphatic carbocycles. The van der Waals surface area contributed by atoms with Gasteiger partial charge in [0.05, 0.1) is 25.5 Å². The lowest BCUT2D eigenvalue weighted by atomic mass is 10.3. The molecule has 26 heavy (non-hydrogen) atoms. The second kappa shape index (κ2) is 10.6. The van der Waals surface area contributed by atoms with Crippen LogP contribution >= 0.6 is 0 Å². The number of carboxylic acids is 2. The number of aliphatic carboxylic acids is 2. The van der Waals surface area contributed by atoms with Crippen molar-refractivity contribution in [1.82, 2.24) is 19.9 Å². The van der Waals surface area contributed by atoms with Crippen molar-refractivity contribution in [1.29, 1.82) is 0 Å². The number of nitrogens with zero attached hydrogens (tertiary/aromatic N) is 2. The zero-order chi connectivity index (χ0) is 20.3. The maximum Gasteiger partial charge on any atom is 0.303 e. The highest BCUT2D eigenvalue weighted by atomic mass is 16.4. The number of carboxylic acid groups (broad SMARTS) is 2. The van der Waals surface area contributed by atoms with Crippen LogP contribution in [0.25, 0.3) is 0 Å². The third kappa shape index (κ3) is 8.51. The standard InChI is InChI=1S/2C4H6N4O.C4H6O4/c2*5-3-2(4(6)9)7-1-8-3;5-3(6)1-2-4(7)8/h2*1H,5H2,(H2,6,9)(H,7,8);1-2H2,(H,5,6)(H,7,8). The van der Waals surface area contributed by atoms with Crippen molar-refractivity contribution in [2.75, 3.05) is 11.5 Å². The van der Waals surface area contributed by atoms with Gasteiger partial charge in [-0.15, -0.1) is 0 Å². The summed E-state index contributed by atoms with van der Waals surface area (Å²) in [7, 11) is 0. The summed E-state index contributed by atoms with van der Waals surface area (Å²) >= 11 is 0. The highest BCUT2D eigenvalue weighted by Gasteiger charge is 2.06. The zero-order valence-corrected chi connectivity index (χ0v) is 13.3. The van der Waals surface area contributed by atoms with Crippen molar-refractivity contribution in [3.8, 4) is 0 Å². The Kier molecular flexibility index (Phi) is 8.96. The SMILES string of the molecule is NC(=O)c1[nH]cnc1N.NC(=O)c1[nH]cnc1N.O=C(O)CCC(=O)O. The van der Waals surface area contributed by atoms with E-state index < -0.39 is 23.8 Å². The number of nitrogen functional groups attached to an aromatic ring is 2. The van der Waals surface area contributed by atoms with E-state index in [-0.39, 0.29) is 35.9 Å². The van der Waals surface area contributed by atoms with Crippen LogP contribution in [0.2, 0.25) is 0 Å². The normalized spacial score (nSPS) is 9.08. The van der Waals surface area contributed by atoms with Crippen LogP contribution in [-0.2, 0) is 9.59 Å². The first-order valence-corrected chi connectivity index (χ1v) is 6.67. The van der Waals surface area contributed by atoms with Crippen LogP contribution in [-0.4, -0.2) is 53.9 Å². The number of hydrogen-bond acceptors (Lipinski definition) is 8. The lowest BCUT2D eigenvalue weighted by Crippen LogP contribution is -2.13. The Morgan fingerprint density at radius 1 is 0.808 bits per heavy atom. The molecule has 0 bridgehead atoms. The fourth-order valence-corrected chi connectivity index (χ4v) is 1.22. The van der Waals surface area contributed by atoms with Gasteiger partial charge in [-0.2, -0.15) is 0 Å². The summed E-state index contributed by atoms with van der Waals surface area (Å²) in [4.78, 5) is 52.1. The lowest BCUT2D eigenvalue weighted by Gasteiger charge is -1.87. The van der Waals surface area contributed by atoms with Crippen LogP contribution in [0.15, 0.2) is 12.7 Å². The second-order valence-corrected chi connectivity index (χ2v) is 4.34. The van der Waals surface area contributed by atoms with Crippen LogP contribution in [0, 0.1) is 0 Å². The van der Waals surface area contributed by atoms with E-state index >= 15 is 0 Å². The fraction of sp³-hybridized carbons (Fsp3) is 0.167. The molecule has 0 spiro atoms. The third-order valence-corrected chi connectivity index (χ3v) is 2.38. The van der Waals surface area contributed by atoms with Crippen molar-refractivity contribution in [2.24, 2.45) is 11.5 Å². The Bertz CT molecular complexity index is 703. The van der Waals surface area contributed by atoms with Crippen molar-refractivity contribution in [2.45, 2.75) is 12.8 Å². The van der Waals surface area contributed by atoms with Crippen LogP contribution in [0.1, 0.15) is 33.8 Å². The minimum Gasteiger partial charge on any atom is -0.481 e. The Hall–Kier alpha value is -4.10. The van der Waals surface area contributed by atoms with Gasteiger partial charge in [-0.25, -0.2) is 9.97 Å². The highest BCUT2D eigenvalue weighted by molar-refractivity contribution is 5.95. The maximum absolute atomic E-state index is 10.4. The van der Waals surface area contributed by atoms with E-state index in [1.165, 1.54) is 12.7 Å². The van der Waals surface area contributed by atoms with Gasteiger partial charge in [0.1, 0.15) is 11.4 Å². The quantitative estimate of drug-likeness (QED) is 0.290. The van der Waals surface area contributed by atoms with E-state index in [1.807, 2.05) is 0 Å². The van der Waals surface area contributed by atoms with Gasteiger partial charge in [-0.3, -0.25) is 19.2 Å². The van der Waals surface area contributed by atoms with Gasteiger partial charge in [0.15, 0.2) is 11.6 Å². The van der Waals surface area contributed by atoms with Gasteiger partial charge in [0.2, 0.25) is 0 Å². The minimum atomic E-state index is -1.08. The van der Waals surface area contributed by atoms with E-state index in [2.05, 4.69) is 19.9 Å². The van der Waals surface area contributed by atoms with E-state index in [0.717, 1.165) is 0 Å². The fourth-order valence-electron chi connectivity index (χ4n) is 1.22. The van der Waals surface area contributed by atoms with Gasteiger partial charge in [-0.05, 0) is 0 Å². The first-order valence-electron chi connectivity index (χ1n) is 6.67. The average molecular weight is 370 g/mol. The zero-order valence-electron chi connectivity index (χ0n) is 13.3. The molecule has 0 saturated heterocycles. The lowest BCUT2D eigenvalue weighted by molar-refractivity contribution is -0.143. The summed E-state index contributed by atoms with van der Waals surface area (Å²) in [6.45, 7) is 0. The average Bonchev–Trinajstić information content (AvgIpc) is 3.14. The number of aromatic amines is 2. The number of carbonyl (C=O) groups is 4. The van der Waals surface area contributed by atoms with Crippen molar-refractivity contribution in [3.05, 3.63) is 24.0 Å². The topological polar surface area (TPSA) is 270 Å². The number of nitrogens with one attached hydrogen (secondary N) is 2. The van der Waals surface area contributed by atoms with E-state index in [9.17, 15) is 19.2 Å². The van der Waals surface area contributed by atoms with Gasteiger partial charge < -0.3 is 43.1 Å². The summed E-state index contributed by atoms with van der Waals surface area (Å²) in [5, 5.41) is 15.8. The molecule has 2 aromatic heterocycles. The highest BCUT2D eigenvalue weighted by Crippen LogP contribution is 2.01. The van der Waals surface area contributed by atoms with Crippen molar-refractivity contribution in [3.63, 3.8) is 0 Å². The molecule has 0 radical (unpaired) electrons. The number of rotatable bonds is 5. The summed E-state index contributed by atoms with van der Waals surface area (Å²) < 4.78 is 0. The number of aromatic nitrogens is 4. The molecule has 0 aromatic carbocycles. The van der Waals surface area contributed by atoms with Gasteiger partial charge in [-0.1, -0.05) is 0 Å². The van der Waals surface area contributed by atoms with Crippen LogP contribution in [0.5, 0.6) is 0 Å². The third-order valence-electron chi connectivity index (χ3n) is 2.38. The summed E-state index contributed by atoms with van der Waals surface area (Å²) in [6, 6.07) is 0. The number of primary amides is 2. The first-order chi connectivity index (χ1) is 12.1. The monoisotopic (exact) mass is 370 g/mol. The molecule has 14 nitrogen and oxygen atoms in total. The van der Waals surface area contributed by atoms with Crippen LogP contribution in [0.4, 0.5) is 11.6 Å². The first kappa shape index (κ1) is 21.9. The predicted octanol–water partition coefficient (Wildman–Crippen LogP) is -1.88. The predicted molar refractivity (Wildman–Crippen MR) is 87.5 cm³/mol. The molecule has 0 aliphatic rings. The molecule has 2 aromatic rings. The van der Waals surface area contributed by atoms with Crippen LogP contribution < -0.4 is 22.9 Å². The Labute approximate surface area is 145 Å². The molecule has 12 N–H and O–H groups in total. The second-order valence-electron chi connectivity index (χ2n) is 4.34. The molecule has 2 heterocycles. The molecule has 2 amide bonds. The number of amides is 2. The smallest absolute Gasteiger partial charge is 0.303 e. The van der Waals surface area contributed by atoms with E-state index in [4.69, 9.17) is 33.1 Å². The number of nitrogens with two attached hydrogens (primary N) is 4.